The number of carbonyl (C=O) groups excluding carboxylic acids is 1. The standard InChI is InChI=1S/C14H17BrN4O2/c1-18(14(20)13-12(16)9-17-19(13)2)7-8-21-11-5-3-10(15)4-6-11/h3-6,9H,7-8,16H2,1-2H3. The van der Waals surface area contributed by atoms with Gasteiger partial charge in [0.2, 0.25) is 0 Å². The van der Waals surface area contributed by atoms with Crippen molar-refractivity contribution >= 4 is 27.5 Å². The van der Waals surface area contributed by atoms with Gasteiger partial charge in [-0.25, -0.2) is 0 Å². The molecule has 1 amide bonds. The summed E-state index contributed by atoms with van der Waals surface area (Å²) in [6.45, 7) is 0.862. The van der Waals surface area contributed by atoms with E-state index in [1.165, 1.54) is 10.9 Å². The molecule has 0 aliphatic heterocycles. The van der Waals surface area contributed by atoms with E-state index in [4.69, 9.17) is 10.5 Å². The Kier molecular flexibility index (Phi) is 4.85. The van der Waals surface area contributed by atoms with Crippen LogP contribution in [0.25, 0.3) is 0 Å². The third-order valence-electron chi connectivity index (χ3n) is 3.03. The average Bonchev–Trinajstić information content (AvgIpc) is 2.79. The molecule has 1 heterocycles. The molecule has 0 atom stereocenters. The Labute approximate surface area is 131 Å². The van der Waals surface area contributed by atoms with Crippen LogP contribution in [-0.2, 0) is 7.05 Å². The maximum Gasteiger partial charge on any atom is 0.274 e. The number of likely N-dealkylation sites (N-methyl/N-ethyl adjacent to an activating group) is 1. The van der Waals surface area contributed by atoms with Gasteiger partial charge in [0, 0.05) is 18.6 Å². The first-order chi connectivity index (χ1) is 9.99. The molecule has 0 aliphatic carbocycles. The molecule has 2 N–H and O–H groups in total. The lowest BCUT2D eigenvalue weighted by Crippen LogP contribution is -2.32. The van der Waals surface area contributed by atoms with Crippen molar-refractivity contribution in [1.82, 2.24) is 14.7 Å². The first-order valence-electron chi connectivity index (χ1n) is 6.40. The maximum atomic E-state index is 12.3. The second-order valence-electron chi connectivity index (χ2n) is 4.60. The molecule has 0 unspecified atom stereocenters. The van der Waals surface area contributed by atoms with Gasteiger partial charge < -0.3 is 15.4 Å². The van der Waals surface area contributed by atoms with Crippen molar-refractivity contribution in [2.24, 2.45) is 7.05 Å². The number of ether oxygens (including phenoxy) is 1. The molecule has 1 aromatic heterocycles. The Morgan fingerprint density at radius 1 is 1.43 bits per heavy atom. The van der Waals surface area contributed by atoms with E-state index in [2.05, 4.69) is 21.0 Å². The number of rotatable bonds is 5. The van der Waals surface area contributed by atoms with Gasteiger partial charge in [0.05, 0.1) is 18.4 Å². The molecule has 6 nitrogen and oxygen atoms in total. The Bertz CT molecular complexity index is 605. The topological polar surface area (TPSA) is 73.4 Å². The summed E-state index contributed by atoms with van der Waals surface area (Å²) in [6.07, 6.45) is 1.47. The van der Waals surface area contributed by atoms with E-state index in [0.717, 1.165) is 10.2 Å². The first-order valence-corrected chi connectivity index (χ1v) is 7.19. The Hall–Kier alpha value is -2.02. The van der Waals surface area contributed by atoms with E-state index >= 15 is 0 Å². The highest BCUT2D eigenvalue weighted by molar-refractivity contribution is 9.10. The zero-order valence-corrected chi connectivity index (χ0v) is 13.5. The van der Waals surface area contributed by atoms with E-state index in [1.807, 2.05) is 24.3 Å². The second kappa shape index (κ2) is 6.62. The summed E-state index contributed by atoms with van der Waals surface area (Å²) >= 11 is 3.36. The van der Waals surface area contributed by atoms with Crippen molar-refractivity contribution < 1.29 is 9.53 Å². The largest absolute Gasteiger partial charge is 0.492 e. The third kappa shape index (κ3) is 3.75. The van der Waals surface area contributed by atoms with Crippen LogP contribution in [-0.4, -0.2) is 40.8 Å². The molecule has 2 aromatic rings. The van der Waals surface area contributed by atoms with Crippen molar-refractivity contribution in [3.8, 4) is 5.75 Å². The van der Waals surface area contributed by atoms with E-state index in [-0.39, 0.29) is 5.91 Å². The normalized spacial score (nSPS) is 10.4. The van der Waals surface area contributed by atoms with Crippen LogP contribution < -0.4 is 10.5 Å². The number of amides is 1. The van der Waals surface area contributed by atoms with Crippen LogP contribution in [0.2, 0.25) is 0 Å². The minimum Gasteiger partial charge on any atom is -0.492 e. The lowest BCUT2D eigenvalue weighted by atomic mass is 10.3. The zero-order chi connectivity index (χ0) is 15.4. The first kappa shape index (κ1) is 15.4. The quantitative estimate of drug-likeness (QED) is 0.891. The van der Waals surface area contributed by atoms with Crippen LogP contribution in [0.3, 0.4) is 0 Å². The molecule has 1 aromatic carbocycles. The molecular weight excluding hydrogens is 336 g/mol. The monoisotopic (exact) mass is 352 g/mol. The number of nitrogens with two attached hydrogens (primary N) is 1. The number of nitrogen functional groups attached to an aromatic ring is 1. The maximum absolute atomic E-state index is 12.3. The van der Waals surface area contributed by atoms with Crippen molar-refractivity contribution in [2.45, 2.75) is 0 Å². The highest BCUT2D eigenvalue weighted by Crippen LogP contribution is 2.16. The molecule has 0 fully saturated rings. The van der Waals surface area contributed by atoms with Crippen molar-refractivity contribution in [1.29, 1.82) is 0 Å². The number of carbonyl (C=O) groups is 1. The van der Waals surface area contributed by atoms with Crippen molar-refractivity contribution in [3.63, 3.8) is 0 Å². The summed E-state index contributed by atoms with van der Waals surface area (Å²) in [5.41, 5.74) is 6.52. The predicted octanol–water partition coefficient (Wildman–Crippen LogP) is 1.92. The molecule has 0 bridgehead atoms. The Morgan fingerprint density at radius 3 is 2.67 bits per heavy atom. The Morgan fingerprint density at radius 2 is 2.10 bits per heavy atom. The second-order valence-corrected chi connectivity index (χ2v) is 5.52. The van der Waals surface area contributed by atoms with Gasteiger partial charge >= 0.3 is 0 Å². The Balaban J connectivity index is 1.88. The van der Waals surface area contributed by atoms with Gasteiger partial charge in [0.25, 0.3) is 5.91 Å². The molecule has 21 heavy (non-hydrogen) atoms. The third-order valence-corrected chi connectivity index (χ3v) is 3.55. The van der Waals surface area contributed by atoms with Crippen LogP contribution in [0.5, 0.6) is 5.75 Å². The lowest BCUT2D eigenvalue weighted by molar-refractivity contribution is 0.0764. The summed E-state index contributed by atoms with van der Waals surface area (Å²) < 4.78 is 8.06. The number of anilines is 1. The van der Waals surface area contributed by atoms with Gasteiger partial charge in [0.1, 0.15) is 18.1 Å². The summed E-state index contributed by atoms with van der Waals surface area (Å²) in [6, 6.07) is 7.54. The van der Waals surface area contributed by atoms with Crippen LogP contribution >= 0.6 is 15.9 Å². The molecule has 0 saturated carbocycles. The minimum absolute atomic E-state index is 0.174. The highest BCUT2D eigenvalue weighted by Gasteiger charge is 2.18. The predicted molar refractivity (Wildman–Crippen MR) is 84.2 cm³/mol. The minimum atomic E-state index is -0.174. The van der Waals surface area contributed by atoms with Gasteiger partial charge in [-0.1, -0.05) is 15.9 Å². The van der Waals surface area contributed by atoms with Crippen molar-refractivity contribution in [2.75, 3.05) is 25.9 Å². The van der Waals surface area contributed by atoms with Gasteiger partial charge in [-0.3, -0.25) is 9.48 Å². The fourth-order valence-electron chi connectivity index (χ4n) is 1.83. The van der Waals surface area contributed by atoms with E-state index in [9.17, 15) is 4.79 Å². The van der Waals surface area contributed by atoms with Gasteiger partial charge in [-0.15, -0.1) is 0 Å². The SMILES string of the molecule is CN(CCOc1ccc(Br)cc1)C(=O)c1c(N)cnn1C. The highest BCUT2D eigenvalue weighted by atomic mass is 79.9. The number of benzene rings is 1. The van der Waals surface area contributed by atoms with Crippen LogP contribution in [0.1, 0.15) is 10.5 Å². The van der Waals surface area contributed by atoms with Crippen LogP contribution in [0.4, 0.5) is 5.69 Å². The molecule has 7 heteroatoms. The van der Waals surface area contributed by atoms with Gasteiger partial charge in [0.15, 0.2) is 0 Å². The molecular formula is C14H17BrN4O2. The molecule has 0 radical (unpaired) electrons. The smallest absolute Gasteiger partial charge is 0.274 e. The number of hydrogen-bond acceptors (Lipinski definition) is 4. The number of hydrogen-bond donors (Lipinski definition) is 1. The van der Waals surface area contributed by atoms with E-state index < -0.39 is 0 Å². The number of halogens is 1. The lowest BCUT2D eigenvalue weighted by Gasteiger charge is -2.18. The summed E-state index contributed by atoms with van der Waals surface area (Å²) in [4.78, 5) is 13.8. The molecule has 0 spiro atoms. The van der Waals surface area contributed by atoms with E-state index in [0.29, 0.717) is 24.5 Å². The van der Waals surface area contributed by atoms with E-state index in [1.54, 1.807) is 19.0 Å². The van der Waals surface area contributed by atoms with Gasteiger partial charge in [-0.2, -0.15) is 5.10 Å². The average molecular weight is 353 g/mol. The molecule has 0 saturated heterocycles. The van der Waals surface area contributed by atoms with Crippen LogP contribution in [0, 0.1) is 0 Å². The van der Waals surface area contributed by atoms with Crippen molar-refractivity contribution in [3.05, 3.63) is 40.6 Å². The number of aryl methyl sites for hydroxylation is 1. The summed E-state index contributed by atoms with van der Waals surface area (Å²) in [5, 5.41) is 3.96. The number of nitrogens with zero attached hydrogens (tertiary/aromatic N) is 3. The summed E-state index contributed by atoms with van der Waals surface area (Å²) in [7, 11) is 3.40. The fraction of sp³-hybridized carbons (Fsp3) is 0.286. The van der Waals surface area contributed by atoms with Crippen LogP contribution in [0.15, 0.2) is 34.9 Å². The zero-order valence-electron chi connectivity index (χ0n) is 11.9. The molecule has 0 aliphatic rings. The fourth-order valence-corrected chi connectivity index (χ4v) is 2.09. The van der Waals surface area contributed by atoms with Gasteiger partial charge in [-0.05, 0) is 24.3 Å². The molecule has 112 valence electrons. The summed E-state index contributed by atoms with van der Waals surface area (Å²) in [5.74, 6) is 0.589. The molecule has 2 rings (SSSR count). The number of aromatic nitrogens is 2.